The Hall–Kier alpha value is -2.13. The van der Waals surface area contributed by atoms with Crippen molar-refractivity contribution >= 4 is 17.1 Å². The van der Waals surface area contributed by atoms with E-state index in [9.17, 15) is 9.59 Å². The van der Waals surface area contributed by atoms with E-state index in [1.54, 1.807) is 11.6 Å². The first-order valence-electron chi connectivity index (χ1n) is 8.22. The maximum atomic E-state index is 12.4. The highest BCUT2D eigenvalue weighted by Gasteiger charge is 2.17. The Morgan fingerprint density at radius 1 is 1.08 bits per heavy atom. The molecule has 0 saturated carbocycles. The number of nitrogens with zero attached hydrogens (tertiary/aromatic N) is 5. The van der Waals surface area contributed by atoms with Crippen molar-refractivity contribution in [3.63, 3.8) is 0 Å². The summed E-state index contributed by atoms with van der Waals surface area (Å²) in [5.41, 5.74) is 5.96. The fourth-order valence-electron chi connectivity index (χ4n) is 3.12. The van der Waals surface area contributed by atoms with Crippen LogP contribution >= 0.6 is 0 Å². The number of anilines is 1. The molecule has 2 N–H and O–H groups in total. The summed E-state index contributed by atoms with van der Waals surface area (Å²) in [6, 6.07) is 0. The molecule has 1 saturated heterocycles. The molecule has 3 rings (SSSR count). The number of ether oxygens (including phenoxy) is 1. The van der Waals surface area contributed by atoms with Gasteiger partial charge >= 0.3 is 5.69 Å². The number of imidazole rings is 1. The highest BCUT2D eigenvalue weighted by Crippen LogP contribution is 2.14. The quantitative estimate of drug-likeness (QED) is 0.712. The molecule has 9 nitrogen and oxygen atoms in total. The Morgan fingerprint density at radius 2 is 1.75 bits per heavy atom. The van der Waals surface area contributed by atoms with Crippen molar-refractivity contribution in [2.24, 2.45) is 14.1 Å². The van der Waals surface area contributed by atoms with Crippen LogP contribution in [0, 0.1) is 0 Å². The van der Waals surface area contributed by atoms with E-state index in [0.717, 1.165) is 50.3 Å². The summed E-state index contributed by atoms with van der Waals surface area (Å²) in [7, 11) is 3.06. The highest BCUT2D eigenvalue weighted by atomic mass is 16.5. The number of rotatable bonds is 5. The van der Waals surface area contributed by atoms with Crippen molar-refractivity contribution in [3.05, 3.63) is 20.8 Å². The van der Waals surface area contributed by atoms with Gasteiger partial charge in [-0.2, -0.15) is 4.98 Å². The summed E-state index contributed by atoms with van der Waals surface area (Å²) in [5.74, 6) is 0.273. The van der Waals surface area contributed by atoms with Crippen molar-refractivity contribution in [3.8, 4) is 0 Å². The van der Waals surface area contributed by atoms with Crippen LogP contribution in [0.3, 0.4) is 0 Å². The van der Waals surface area contributed by atoms with Crippen LogP contribution in [0.4, 0.5) is 5.95 Å². The molecule has 2 aromatic rings. The van der Waals surface area contributed by atoms with Crippen LogP contribution in [0.5, 0.6) is 0 Å². The van der Waals surface area contributed by atoms with Crippen molar-refractivity contribution in [1.82, 2.24) is 23.6 Å². The molecule has 1 fully saturated rings. The van der Waals surface area contributed by atoms with Crippen molar-refractivity contribution < 1.29 is 4.74 Å². The van der Waals surface area contributed by atoms with Crippen LogP contribution in [0.1, 0.15) is 12.8 Å². The largest absolute Gasteiger partial charge is 0.379 e. The Kier molecular flexibility index (Phi) is 4.72. The predicted octanol–water partition coefficient (Wildman–Crippen LogP) is -0.872. The zero-order chi connectivity index (χ0) is 17.3. The Morgan fingerprint density at radius 3 is 2.46 bits per heavy atom. The molecule has 24 heavy (non-hydrogen) atoms. The van der Waals surface area contributed by atoms with Crippen molar-refractivity contribution in [1.29, 1.82) is 0 Å². The minimum Gasteiger partial charge on any atom is -0.379 e. The van der Waals surface area contributed by atoms with Crippen molar-refractivity contribution in [2.45, 2.75) is 19.4 Å². The van der Waals surface area contributed by atoms with Gasteiger partial charge in [0.15, 0.2) is 11.2 Å². The lowest BCUT2D eigenvalue weighted by molar-refractivity contribution is 0.0371. The predicted molar refractivity (Wildman–Crippen MR) is 91.1 cm³/mol. The fraction of sp³-hybridized carbons (Fsp3) is 0.667. The molecule has 0 bridgehead atoms. The minimum absolute atomic E-state index is 0.273. The van der Waals surface area contributed by atoms with Gasteiger partial charge in [-0.25, -0.2) is 4.79 Å². The lowest BCUT2D eigenvalue weighted by Crippen LogP contribution is -2.37. The molecule has 0 atom stereocenters. The van der Waals surface area contributed by atoms with Gasteiger partial charge < -0.3 is 15.0 Å². The summed E-state index contributed by atoms with van der Waals surface area (Å²) in [6.45, 7) is 5.15. The zero-order valence-electron chi connectivity index (χ0n) is 14.2. The number of nitrogens with two attached hydrogens (primary N) is 1. The molecular formula is C15H24N6O3. The molecule has 0 amide bonds. The van der Waals surface area contributed by atoms with E-state index in [1.807, 2.05) is 0 Å². The third-order valence-corrected chi connectivity index (χ3v) is 4.59. The van der Waals surface area contributed by atoms with E-state index in [4.69, 9.17) is 10.5 Å². The molecule has 9 heteroatoms. The van der Waals surface area contributed by atoms with Gasteiger partial charge in [-0.05, 0) is 19.4 Å². The van der Waals surface area contributed by atoms with Gasteiger partial charge in [-0.15, -0.1) is 0 Å². The monoisotopic (exact) mass is 336 g/mol. The summed E-state index contributed by atoms with van der Waals surface area (Å²) < 4.78 is 9.51. The first-order valence-corrected chi connectivity index (χ1v) is 8.22. The standard InChI is InChI=1S/C15H24N6O3/c1-18-12-11(13(22)19(2)15(18)23)21(14(16)17-12)6-4-3-5-20-7-9-24-10-8-20/h3-10H2,1-2H3,(H2,16,17). The second-order valence-corrected chi connectivity index (χ2v) is 6.16. The van der Waals surface area contributed by atoms with E-state index < -0.39 is 5.69 Å². The lowest BCUT2D eigenvalue weighted by Gasteiger charge is -2.26. The van der Waals surface area contributed by atoms with E-state index in [0.29, 0.717) is 17.7 Å². The van der Waals surface area contributed by atoms with Gasteiger partial charge in [-0.3, -0.25) is 18.8 Å². The second-order valence-electron chi connectivity index (χ2n) is 6.16. The van der Waals surface area contributed by atoms with E-state index in [2.05, 4.69) is 9.88 Å². The molecule has 0 radical (unpaired) electrons. The van der Waals surface area contributed by atoms with E-state index >= 15 is 0 Å². The van der Waals surface area contributed by atoms with Gasteiger partial charge in [0, 0.05) is 33.7 Å². The normalized spacial score (nSPS) is 16.1. The third-order valence-electron chi connectivity index (χ3n) is 4.59. The number of aromatic nitrogens is 4. The maximum Gasteiger partial charge on any atom is 0.332 e. The smallest absolute Gasteiger partial charge is 0.332 e. The molecule has 0 spiro atoms. The van der Waals surface area contributed by atoms with Gasteiger partial charge in [0.2, 0.25) is 5.95 Å². The van der Waals surface area contributed by atoms with Gasteiger partial charge in [-0.1, -0.05) is 0 Å². The summed E-state index contributed by atoms with van der Waals surface area (Å²) in [4.78, 5) is 31.0. The Bertz CT molecular complexity index is 843. The van der Waals surface area contributed by atoms with Crippen LogP contribution < -0.4 is 17.0 Å². The fourth-order valence-corrected chi connectivity index (χ4v) is 3.12. The molecule has 1 aliphatic heterocycles. The van der Waals surface area contributed by atoms with E-state index in [-0.39, 0.29) is 11.5 Å². The van der Waals surface area contributed by atoms with Crippen LogP contribution in [0.15, 0.2) is 9.59 Å². The number of aryl methyl sites for hydroxylation is 2. The van der Waals surface area contributed by atoms with Crippen molar-refractivity contribution in [2.75, 3.05) is 38.6 Å². The SMILES string of the molecule is Cn1c(=O)c2c(nc(N)n2CCCCN2CCOCC2)n(C)c1=O. The van der Waals surface area contributed by atoms with Gasteiger partial charge in [0.05, 0.1) is 13.2 Å². The number of morpholine rings is 1. The van der Waals surface area contributed by atoms with E-state index in [1.165, 1.54) is 11.6 Å². The second kappa shape index (κ2) is 6.78. The highest BCUT2D eigenvalue weighted by molar-refractivity contribution is 5.73. The first kappa shape index (κ1) is 16.7. The van der Waals surface area contributed by atoms with Crippen LogP contribution in [-0.4, -0.2) is 56.4 Å². The molecule has 2 aromatic heterocycles. The average Bonchev–Trinajstić information content (AvgIpc) is 2.92. The Balaban J connectivity index is 1.76. The number of nitrogen functional groups attached to an aromatic ring is 1. The van der Waals surface area contributed by atoms with Crippen LogP contribution in [0.2, 0.25) is 0 Å². The summed E-state index contributed by atoms with van der Waals surface area (Å²) in [5, 5.41) is 0. The molecule has 3 heterocycles. The minimum atomic E-state index is -0.399. The molecule has 0 aliphatic carbocycles. The molecular weight excluding hydrogens is 312 g/mol. The maximum absolute atomic E-state index is 12.4. The van der Waals surface area contributed by atoms with Crippen LogP contribution in [0.25, 0.3) is 11.2 Å². The molecule has 0 unspecified atom stereocenters. The Labute approximate surface area is 139 Å². The van der Waals surface area contributed by atoms with Gasteiger partial charge in [0.25, 0.3) is 5.56 Å². The summed E-state index contributed by atoms with van der Waals surface area (Å²) >= 11 is 0. The first-order chi connectivity index (χ1) is 11.5. The summed E-state index contributed by atoms with van der Waals surface area (Å²) in [6.07, 6.45) is 1.89. The topological polar surface area (TPSA) is 100 Å². The van der Waals surface area contributed by atoms with Crippen LogP contribution in [-0.2, 0) is 25.4 Å². The average molecular weight is 336 g/mol. The zero-order valence-corrected chi connectivity index (χ0v) is 14.2. The third kappa shape index (κ3) is 2.96. The number of fused-ring (bicyclic) bond motifs is 1. The number of hydrogen-bond donors (Lipinski definition) is 1. The molecule has 0 aromatic carbocycles. The van der Waals surface area contributed by atoms with Gasteiger partial charge in [0.1, 0.15) is 0 Å². The number of hydrogen-bond acceptors (Lipinski definition) is 6. The molecule has 132 valence electrons. The molecule has 1 aliphatic rings. The lowest BCUT2D eigenvalue weighted by atomic mass is 10.2. The number of unbranched alkanes of at least 4 members (excludes halogenated alkanes) is 1.